The minimum Gasteiger partial charge on any atom is -0.305 e. The van der Waals surface area contributed by atoms with E-state index in [0.717, 1.165) is 5.56 Å². The Kier molecular flexibility index (Phi) is 6.04. The topological polar surface area (TPSA) is 40.6 Å². The predicted molar refractivity (Wildman–Crippen MR) is 121 cm³/mol. The maximum atomic E-state index is 13.5. The lowest BCUT2D eigenvalue weighted by Crippen LogP contribution is -2.47. The van der Waals surface area contributed by atoms with Gasteiger partial charge >= 0.3 is 0 Å². The van der Waals surface area contributed by atoms with Gasteiger partial charge in [-0.05, 0) is 73.5 Å². The van der Waals surface area contributed by atoms with Gasteiger partial charge in [-0.25, -0.2) is 8.78 Å². The van der Waals surface area contributed by atoms with Crippen molar-refractivity contribution in [1.82, 2.24) is 0 Å². The van der Waals surface area contributed by atoms with E-state index in [1.165, 1.54) is 36.4 Å². The van der Waals surface area contributed by atoms with E-state index in [-0.39, 0.29) is 29.7 Å². The molecule has 1 aliphatic heterocycles. The average molecular weight is 434 g/mol. The van der Waals surface area contributed by atoms with Gasteiger partial charge in [0.05, 0.1) is 6.04 Å². The Balaban J connectivity index is 1.78. The van der Waals surface area contributed by atoms with Crippen LogP contribution in [0.3, 0.4) is 0 Å². The van der Waals surface area contributed by atoms with Gasteiger partial charge in [-0.1, -0.05) is 25.1 Å². The molecule has 0 N–H and O–H groups in total. The molecule has 32 heavy (non-hydrogen) atoms. The summed E-state index contributed by atoms with van der Waals surface area (Å²) in [4.78, 5) is 29.7. The molecule has 2 amide bonds. The zero-order valence-corrected chi connectivity index (χ0v) is 18.0. The van der Waals surface area contributed by atoms with Gasteiger partial charge in [0.25, 0.3) is 5.91 Å². The number of benzene rings is 3. The summed E-state index contributed by atoms with van der Waals surface area (Å²) in [5.41, 5.74) is 2.56. The van der Waals surface area contributed by atoms with Crippen LogP contribution in [0.4, 0.5) is 20.2 Å². The maximum absolute atomic E-state index is 13.5. The molecular weight excluding hydrogens is 410 g/mol. The number of halogens is 2. The zero-order chi connectivity index (χ0) is 22.8. The minimum atomic E-state index is -0.401. The van der Waals surface area contributed by atoms with Gasteiger partial charge in [0.2, 0.25) is 5.91 Å². The van der Waals surface area contributed by atoms with Gasteiger partial charge < -0.3 is 9.80 Å². The van der Waals surface area contributed by atoms with E-state index < -0.39 is 5.82 Å². The van der Waals surface area contributed by atoms with Crippen molar-refractivity contribution >= 4 is 23.2 Å². The summed E-state index contributed by atoms with van der Waals surface area (Å²) in [5, 5.41) is 0. The number of hydrogen-bond acceptors (Lipinski definition) is 2. The van der Waals surface area contributed by atoms with Crippen molar-refractivity contribution in [3.05, 3.63) is 95.6 Å². The number of rotatable bonds is 4. The number of amides is 2. The van der Waals surface area contributed by atoms with Gasteiger partial charge in [-0.2, -0.15) is 0 Å². The summed E-state index contributed by atoms with van der Waals surface area (Å²) >= 11 is 0. The van der Waals surface area contributed by atoms with Crippen LogP contribution >= 0.6 is 0 Å². The van der Waals surface area contributed by atoms with Crippen molar-refractivity contribution in [3.63, 3.8) is 0 Å². The third kappa shape index (κ3) is 4.00. The van der Waals surface area contributed by atoms with Gasteiger partial charge in [0, 0.05) is 29.4 Å². The van der Waals surface area contributed by atoms with Crippen LogP contribution in [0.2, 0.25) is 0 Å². The quantitative estimate of drug-likeness (QED) is 0.514. The van der Waals surface area contributed by atoms with Gasteiger partial charge in [-0.15, -0.1) is 0 Å². The van der Waals surface area contributed by atoms with Crippen LogP contribution < -0.4 is 9.80 Å². The SMILES string of the molecule is CCC(=O)N(c1ccc(F)cc1)[C@@H]1C[C@H](C)N(C(=O)c2ccc(F)cc2)c2ccccc21. The monoisotopic (exact) mass is 434 g/mol. The average Bonchev–Trinajstić information content (AvgIpc) is 2.80. The molecule has 4 nitrogen and oxygen atoms in total. The van der Waals surface area contributed by atoms with Crippen molar-refractivity contribution in [2.75, 3.05) is 9.80 Å². The summed E-state index contributed by atoms with van der Waals surface area (Å²) in [5.74, 6) is -1.08. The number of fused-ring (bicyclic) bond motifs is 1. The van der Waals surface area contributed by atoms with Crippen LogP contribution in [-0.4, -0.2) is 17.9 Å². The summed E-state index contributed by atoms with van der Waals surface area (Å²) in [6, 6.07) is 18.4. The van der Waals surface area contributed by atoms with E-state index in [2.05, 4.69) is 0 Å². The first-order valence-electron chi connectivity index (χ1n) is 10.7. The van der Waals surface area contributed by atoms with Crippen LogP contribution in [0, 0.1) is 11.6 Å². The molecule has 0 spiro atoms. The number of anilines is 2. The molecule has 164 valence electrons. The smallest absolute Gasteiger partial charge is 0.258 e. The molecule has 3 aromatic carbocycles. The molecule has 6 heteroatoms. The van der Waals surface area contributed by atoms with Crippen LogP contribution in [-0.2, 0) is 4.79 Å². The Bertz CT molecular complexity index is 1130. The standard InChI is InChI=1S/C26H24F2N2O2/c1-3-25(31)30(21-14-12-20(28)13-15-21)24-16-17(2)29(23-7-5-4-6-22(23)24)26(32)18-8-10-19(27)11-9-18/h4-15,17,24H,3,16H2,1-2H3/t17-,24+/m0/s1. The molecule has 1 heterocycles. The van der Waals surface area contributed by atoms with Crippen molar-refractivity contribution in [1.29, 1.82) is 0 Å². The number of para-hydroxylation sites is 1. The van der Waals surface area contributed by atoms with Crippen molar-refractivity contribution in [2.24, 2.45) is 0 Å². The minimum absolute atomic E-state index is 0.0816. The molecule has 0 aromatic heterocycles. The molecule has 0 bridgehead atoms. The van der Waals surface area contributed by atoms with E-state index >= 15 is 0 Å². The molecule has 2 atom stereocenters. The lowest BCUT2D eigenvalue weighted by Gasteiger charge is -2.43. The van der Waals surface area contributed by atoms with E-state index in [4.69, 9.17) is 0 Å². The second kappa shape index (κ2) is 8.91. The van der Waals surface area contributed by atoms with Crippen LogP contribution in [0.25, 0.3) is 0 Å². The van der Waals surface area contributed by atoms with Gasteiger partial charge in [0.1, 0.15) is 11.6 Å². The fraction of sp³-hybridized carbons (Fsp3) is 0.231. The molecule has 4 rings (SSSR count). The lowest BCUT2D eigenvalue weighted by atomic mass is 9.89. The van der Waals surface area contributed by atoms with Crippen LogP contribution in [0.15, 0.2) is 72.8 Å². The van der Waals surface area contributed by atoms with Crippen LogP contribution in [0.1, 0.15) is 48.7 Å². The molecule has 0 saturated heterocycles. The van der Waals surface area contributed by atoms with Gasteiger partial charge in [0.15, 0.2) is 0 Å². The summed E-state index contributed by atoms with van der Waals surface area (Å²) in [6.07, 6.45) is 0.801. The number of hydrogen-bond donors (Lipinski definition) is 0. The number of carbonyl (C=O) groups is 2. The Morgan fingerprint density at radius 1 is 0.938 bits per heavy atom. The summed E-state index contributed by atoms with van der Waals surface area (Å²) in [6.45, 7) is 3.73. The maximum Gasteiger partial charge on any atom is 0.258 e. The highest BCUT2D eigenvalue weighted by molar-refractivity contribution is 6.07. The third-order valence-corrected chi connectivity index (χ3v) is 5.86. The summed E-state index contributed by atoms with van der Waals surface area (Å²) in [7, 11) is 0. The third-order valence-electron chi connectivity index (χ3n) is 5.86. The van der Waals surface area contributed by atoms with E-state index in [0.29, 0.717) is 29.8 Å². The molecular formula is C26H24F2N2O2. The molecule has 3 aromatic rings. The van der Waals surface area contributed by atoms with Crippen molar-refractivity contribution in [3.8, 4) is 0 Å². The second-order valence-electron chi connectivity index (χ2n) is 7.94. The van der Waals surface area contributed by atoms with E-state index in [1.54, 1.807) is 28.9 Å². The van der Waals surface area contributed by atoms with Crippen molar-refractivity contribution in [2.45, 2.75) is 38.8 Å². The highest BCUT2D eigenvalue weighted by Crippen LogP contribution is 2.43. The Morgan fingerprint density at radius 2 is 1.53 bits per heavy atom. The van der Waals surface area contributed by atoms with Gasteiger partial charge in [-0.3, -0.25) is 9.59 Å². The van der Waals surface area contributed by atoms with Crippen LogP contribution in [0.5, 0.6) is 0 Å². The highest BCUT2D eigenvalue weighted by atomic mass is 19.1. The largest absolute Gasteiger partial charge is 0.305 e. The molecule has 0 fully saturated rings. The predicted octanol–water partition coefficient (Wildman–Crippen LogP) is 5.89. The lowest BCUT2D eigenvalue weighted by molar-refractivity contribution is -0.118. The first-order valence-corrected chi connectivity index (χ1v) is 10.7. The van der Waals surface area contributed by atoms with Crippen molar-refractivity contribution < 1.29 is 18.4 Å². The second-order valence-corrected chi connectivity index (χ2v) is 7.94. The first-order chi connectivity index (χ1) is 15.4. The fourth-order valence-electron chi connectivity index (χ4n) is 4.34. The molecule has 1 aliphatic rings. The first kappa shape index (κ1) is 21.7. The zero-order valence-electron chi connectivity index (χ0n) is 18.0. The Labute approximate surface area is 186 Å². The summed E-state index contributed by atoms with van der Waals surface area (Å²) < 4.78 is 26.9. The molecule has 0 saturated carbocycles. The molecule has 0 radical (unpaired) electrons. The number of carbonyl (C=O) groups excluding carboxylic acids is 2. The fourth-order valence-corrected chi connectivity index (χ4v) is 4.34. The molecule has 0 aliphatic carbocycles. The number of nitrogens with zero attached hydrogens (tertiary/aromatic N) is 2. The van der Waals surface area contributed by atoms with E-state index in [9.17, 15) is 18.4 Å². The Hall–Kier alpha value is -3.54. The molecule has 0 unspecified atom stereocenters. The normalized spacial score (nSPS) is 17.6. The Morgan fingerprint density at radius 3 is 2.16 bits per heavy atom. The highest BCUT2D eigenvalue weighted by Gasteiger charge is 2.38. The van der Waals surface area contributed by atoms with E-state index in [1.807, 2.05) is 31.2 Å².